The third-order valence-corrected chi connectivity index (χ3v) is 6.28. The van der Waals surface area contributed by atoms with Crippen molar-refractivity contribution < 1.29 is 9.32 Å². The maximum atomic E-state index is 12.6. The molecule has 1 aliphatic heterocycles. The number of hydrogen-bond acceptors (Lipinski definition) is 7. The molecule has 2 aromatic rings. The van der Waals surface area contributed by atoms with Crippen LogP contribution in [0.2, 0.25) is 0 Å². The van der Waals surface area contributed by atoms with E-state index in [1.165, 1.54) is 11.8 Å². The first kappa shape index (κ1) is 20.1. The minimum atomic E-state index is -0.462. The molecule has 3 heterocycles. The van der Waals surface area contributed by atoms with Gasteiger partial charge in [-0.25, -0.2) is 4.98 Å². The van der Waals surface area contributed by atoms with Gasteiger partial charge in [0.25, 0.3) is 5.89 Å². The predicted octanol–water partition coefficient (Wildman–Crippen LogP) is 2.99. The summed E-state index contributed by atoms with van der Waals surface area (Å²) in [5.41, 5.74) is 6.58. The highest BCUT2D eigenvalue weighted by molar-refractivity contribution is 8.00. The summed E-state index contributed by atoms with van der Waals surface area (Å²) >= 11 is 1.44. The Morgan fingerprint density at radius 3 is 2.74 bits per heavy atom. The van der Waals surface area contributed by atoms with Crippen LogP contribution >= 0.6 is 24.2 Å². The maximum Gasteiger partial charge on any atom is 0.260 e. The average molecular weight is 410 g/mol. The Balaban J connectivity index is 0.00000210. The molecular weight excluding hydrogens is 386 g/mol. The largest absolute Gasteiger partial charge is 0.342 e. The summed E-state index contributed by atoms with van der Waals surface area (Å²) in [5.74, 6) is 1.12. The number of carbonyl (C=O) groups is 1. The fourth-order valence-electron chi connectivity index (χ4n) is 3.38. The lowest BCUT2D eigenvalue weighted by molar-refractivity contribution is -0.129. The van der Waals surface area contributed by atoms with Crippen LogP contribution in [0.4, 0.5) is 0 Å². The van der Waals surface area contributed by atoms with Crippen LogP contribution in [0.15, 0.2) is 27.9 Å². The van der Waals surface area contributed by atoms with Crippen molar-refractivity contribution >= 4 is 30.1 Å². The number of carbonyl (C=O) groups excluding carboxylic acids is 1. The van der Waals surface area contributed by atoms with Gasteiger partial charge in [0, 0.05) is 19.3 Å². The average Bonchev–Trinajstić information content (AvgIpc) is 3.31. The van der Waals surface area contributed by atoms with Gasteiger partial charge in [0.1, 0.15) is 5.03 Å². The first-order chi connectivity index (χ1) is 12.6. The molecule has 9 heteroatoms. The standard InChI is InChI=1S/C18H23N5O2S.ClH/c1-12(16(24)23-10-2-3-11-23)26-15-13(6-4-9-20-15)14-21-17(22-25-14)18(19)7-5-8-18;/h4,6,9,12H,2-3,5,7-8,10-11,19H2,1H3;1H. The van der Waals surface area contributed by atoms with Gasteiger partial charge in [-0.1, -0.05) is 16.9 Å². The van der Waals surface area contributed by atoms with Gasteiger partial charge in [0.05, 0.1) is 16.4 Å². The lowest BCUT2D eigenvalue weighted by atomic mass is 9.77. The smallest absolute Gasteiger partial charge is 0.260 e. The van der Waals surface area contributed by atoms with E-state index in [1.54, 1.807) is 6.20 Å². The molecule has 1 aliphatic carbocycles. The molecule has 7 nitrogen and oxygen atoms in total. The van der Waals surface area contributed by atoms with E-state index in [9.17, 15) is 4.79 Å². The molecule has 0 spiro atoms. The second-order valence-electron chi connectivity index (χ2n) is 7.08. The van der Waals surface area contributed by atoms with E-state index in [1.807, 2.05) is 24.0 Å². The fraction of sp³-hybridized carbons (Fsp3) is 0.556. The zero-order valence-corrected chi connectivity index (χ0v) is 16.9. The Morgan fingerprint density at radius 1 is 1.33 bits per heavy atom. The van der Waals surface area contributed by atoms with Gasteiger partial charge in [0.2, 0.25) is 5.91 Å². The topological polar surface area (TPSA) is 98.1 Å². The quantitative estimate of drug-likeness (QED) is 0.758. The fourth-order valence-corrected chi connectivity index (χ4v) is 4.37. The van der Waals surface area contributed by atoms with Crippen LogP contribution in [0, 0.1) is 0 Å². The Kier molecular flexibility index (Phi) is 6.08. The van der Waals surface area contributed by atoms with Crippen LogP contribution in [0.3, 0.4) is 0 Å². The van der Waals surface area contributed by atoms with E-state index in [4.69, 9.17) is 10.3 Å². The highest BCUT2D eigenvalue weighted by Crippen LogP contribution is 2.38. The van der Waals surface area contributed by atoms with Gasteiger partial charge >= 0.3 is 0 Å². The molecule has 27 heavy (non-hydrogen) atoms. The highest BCUT2D eigenvalue weighted by atomic mass is 35.5. The van der Waals surface area contributed by atoms with Crippen LogP contribution in [-0.2, 0) is 10.3 Å². The zero-order valence-electron chi connectivity index (χ0n) is 15.3. The van der Waals surface area contributed by atoms with E-state index in [0.29, 0.717) is 11.7 Å². The van der Waals surface area contributed by atoms with Gasteiger partial charge in [-0.15, -0.1) is 12.4 Å². The number of halogens is 1. The molecule has 2 aliphatic rings. The number of likely N-dealkylation sites (tertiary alicyclic amines) is 1. The Bertz CT molecular complexity index is 805. The molecule has 0 bridgehead atoms. The minimum absolute atomic E-state index is 0. The third kappa shape index (κ3) is 3.97. The van der Waals surface area contributed by atoms with E-state index in [-0.39, 0.29) is 23.6 Å². The SMILES string of the molecule is CC(Sc1ncccc1-c1nc(C2(N)CCC2)no1)C(=O)N1CCCC1.Cl. The Labute approximate surface area is 168 Å². The van der Waals surface area contributed by atoms with Gasteiger partial charge in [-0.2, -0.15) is 4.98 Å². The van der Waals surface area contributed by atoms with E-state index in [0.717, 1.165) is 55.8 Å². The van der Waals surface area contributed by atoms with Crippen molar-refractivity contribution in [2.45, 2.75) is 54.8 Å². The molecule has 0 aromatic carbocycles. The van der Waals surface area contributed by atoms with Crippen molar-refractivity contribution in [2.75, 3.05) is 13.1 Å². The summed E-state index contributed by atoms with van der Waals surface area (Å²) in [7, 11) is 0. The molecule has 2 fully saturated rings. The molecule has 4 rings (SSSR count). The molecule has 1 saturated heterocycles. The normalized spacial score (nSPS) is 19.3. The van der Waals surface area contributed by atoms with Crippen molar-refractivity contribution in [1.82, 2.24) is 20.0 Å². The van der Waals surface area contributed by atoms with Crippen molar-refractivity contribution in [3.63, 3.8) is 0 Å². The van der Waals surface area contributed by atoms with Crippen LogP contribution < -0.4 is 5.73 Å². The molecular formula is C18H24ClN5O2S. The number of nitrogens with two attached hydrogens (primary N) is 1. The second-order valence-corrected chi connectivity index (χ2v) is 8.41. The lowest BCUT2D eigenvalue weighted by Gasteiger charge is -2.34. The molecule has 146 valence electrons. The molecule has 1 saturated carbocycles. The van der Waals surface area contributed by atoms with E-state index in [2.05, 4.69) is 15.1 Å². The molecule has 2 aromatic heterocycles. The number of aromatic nitrogens is 3. The van der Waals surface area contributed by atoms with E-state index >= 15 is 0 Å². The highest BCUT2D eigenvalue weighted by Gasteiger charge is 2.39. The van der Waals surface area contributed by atoms with Crippen LogP contribution in [0.25, 0.3) is 11.5 Å². The summed E-state index contributed by atoms with van der Waals surface area (Å²) in [6.45, 7) is 3.63. The van der Waals surface area contributed by atoms with Crippen LogP contribution in [0.5, 0.6) is 0 Å². The number of amides is 1. The predicted molar refractivity (Wildman–Crippen MR) is 106 cm³/mol. The lowest BCUT2D eigenvalue weighted by Crippen LogP contribution is -2.44. The van der Waals surface area contributed by atoms with Gasteiger partial charge in [-0.05, 0) is 51.2 Å². The van der Waals surface area contributed by atoms with Crippen molar-refractivity contribution in [3.05, 3.63) is 24.2 Å². The molecule has 1 atom stereocenters. The summed E-state index contributed by atoms with van der Waals surface area (Å²) in [6.07, 6.45) is 6.73. The summed E-state index contributed by atoms with van der Waals surface area (Å²) in [5, 5.41) is 4.59. The van der Waals surface area contributed by atoms with Gasteiger partial charge in [0.15, 0.2) is 5.82 Å². The van der Waals surface area contributed by atoms with Gasteiger partial charge in [-0.3, -0.25) is 4.79 Å². The molecule has 1 amide bonds. The molecule has 0 radical (unpaired) electrons. The molecule has 1 unspecified atom stereocenters. The van der Waals surface area contributed by atoms with Crippen molar-refractivity contribution in [2.24, 2.45) is 5.73 Å². The number of hydrogen-bond donors (Lipinski definition) is 1. The third-order valence-electron chi connectivity index (χ3n) is 5.17. The second kappa shape index (κ2) is 8.16. The zero-order chi connectivity index (χ0) is 18.1. The van der Waals surface area contributed by atoms with Gasteiger partial charge < -0.3 is 15.2 Å². The van der Waals surface area contributed by atoms with Crippen LogP contribution in [-0.4, -0.2) is 44.3 Å². The molecule has 2 N–H and O–H groups in total. The number of nitrogens with zero attached hydrogens (tertiary/aromatic N) is 4. The monoisotopic (exact) mass is 409 g/mol. The minimum Gasteiger partial charge on any atom is -0.342 e. The van der Waals surface area contributed by atoms with Crippen molar-refractivity contribution in [3.8, 4) is 11.5 Å². The van der Waals surface area contributed by atoms with Crippen molar-refractivity contribution in [1.29, 1.82) is 0 Å². The van der Waals surface area contributed by atoms with Crippen LogP contribution in [0.1, 0.15) is 44.9 Å². The Morgan fingerprint density at radius 2 is 2.07 bits per heavy atom. The Hall–Kier alpha value is -1.64. The summed E-state index contributed by atoms with van der Waals surface area (Å²) < 4.78 is 5.47. The first-order valence-electron chi connectivity index (χ1n) is 9.11. The summed E-state index contributed by atoms with van der Waals surface area (Å²) in [4.78, 5) is 23.5. The first-order valence-corrected chi connectivity index (χ1v) is 9.99. The number of rotatable bonds is 5. The summed E-state index contributed by atoms with van der Waals surface area (Å²) in [6, 6.07) is 3.72. The maximum absolute atomic E-state index is 12.6. The van der Waals surface area contributed by atoms with E-state index < -0.39 is 5.54 Å². The number of pyridine rings is 1. The number of thioether (sulfide) groups is 1.